The largest absolute Gasteiger partial charge is 0.504 e. The lowest BCUT2D eigenvalue weighted by molar-refractivity contribution is -0.138. The molecule has 88 valence electrons. The molecule has 0 amide bonds. The molecule has 0 aliphatic heterocycles. The van der Waals surface area contributed by atoms with Gasteiger partial charge in [-0.2, -0.15) is 0 Å². The van der Waals surface area contributed by atoms with Crippen LogP contribution in [0.1, 0.15) is 5.56 Å². The first kappa shape index (κ1) is 14.3. The zero-order chi connectivity index (χ0) is 12.7. The third-order valence-electron chi connectivity index (χ3n) is 1.81. The number of carboxylic acids is 1. The van der Waals surface area contributed by atoms with E-state index in [0.717, 1.165) is 8.05 Å². The highest BCUT2D eigenvalue weighted by molar-refractivity contribution is 5.95. The summed E-state index contributed by atoms with van der Waals surface area (Å²) >= 11 is 0. The Labute approximate surface area is 93.4 Å². The van der Waals surface area contributed by atoms with Crippen LogP contribution in [-0.4, -0.2) is 40.4 Å². The Morgan fingerprint density at radius 2 is 1.88 bits per heavy atom. The van der Waals surface area contributed by atoms with Gasteiger partial charge in [-0.15, -0.1) is 0 Å². The Hall–Kier alpha value is -1.73. The fraction of sp³-hybridized carbons (Fsp3) is 0.222. The van der Waals surface area contributed by atoms with Gasteiger partial charge in [-0.1, -0.05) is 6.07 Å². The second-order valence-electron chi connectivity index (χ2n) is 2.97. The van der Waals surface area contributed by atoms with Crippen molar-refractivity contribution in [3.05, 3.63) is 23.8 Å². The minimum atomic E-state index is -1.10. The predicted octanol–water partition coefficient (Wildman–Crippen LogP) is -1.42. The van der Waals surface area contributed by atoms with Gasteiger partial charge in [-0.25, -0.2) is 0 Å². The van der Waals surface area contributed by atoms with Gasteiger partial charge < -0.3 is 26.1 Å². The van der Waals surface area contributed by atoms with Crippen LogP contribution in [0.3, 0.4) is 0 Å². The summed E-state index contributed by atoms with van der Waals surface area (Å²) in [6, 6.07) is 3.09. The normalized spacial score (nSPS) is 11.1. The smallest absolute Gasteiger partial charge is 0.320 e. The summed E-state index contributed by atoms with van der Waals surface area (Å²) in [5.41, 5.74) is 5.86. The Morgan fingerprint density at radius 3 is 2.31 bits per heavy atom. The van der Waals surface area contributed by atoms with Crippen LogP contribution in [-0.2, 0) is 11.2 Å². The molecule has 6 nitrogen and oxygen atoms in total. The topological polar surface area (TPSA) is 124 Å². The highest BCUT2D eigenvalue weighted by atomic mass is 16.4. The maximum Gasteiger partial charge on any atom is 0.320 e. The van der Waals surface area contributed by atoms with E-state index < -0.39 is 12.0 Å². The molecule has 1 aromatic carbocycles. The van der Waals surface area contributed by atoms with E-state index >= 15 is 0 Å². The molecule has 0 aromatic heterocycles. The zero-order valence-electron chi connectivity index (χ0n) is 8.79. The van der Waals surface area contributed by atoms with Gasteiger partial charge in [0.05, 0.1) is 0 Å². The standard InChI is InChI=1S/C9H11NO4.BH3O/c10-6(9(13)14)3-5-1-2-7(11)8(12)4-5;1-2/h1-2,4,6,11-12H,3,10H2,(H,13,14);2H,1H2. The van der Waals surface area contributed by atoms with Crippen LogP contribution in [0, 0.1) is 0 Å². The predicted molar refractivity (Wildman–Crippen MR) is 59.8 cm³/mol. The second-order valence-corrected chi connectivity index (χ2v) is 2.97. The first-order chi connectivity index (χ1) is 7.50. The summed E-state index contributed by atoms with van der Waals surface area (Å²) in [5.74, 6) is -1.62. The Balaban J connectivity index is 0.00000106. The number of aliphatic carboxylic acids is 1. The van der Waals surface area contributed by atoms with Crippen molar-refractivity contribution in [3.8, 4) is 11.5 Å². The second kappa shape index (κ2) is 6.70. The molecule has 0 bridgehead atoms. The maximum absolute atomic E-state index is 10.4. The van der Waals surface area contributed by atoms with E-state index in [0.29, 0.717) is 5.56 Å². The van der Waals surface area contributed by atoms with Gasteiger partial charge in [-0.3, -0.25) is 4.79 Å². The molecule has 1 atom stereocenters. The SMILES string of the molecule is BO.NC(Cc1ccc(O)c(O)c1)C(=O)O. The zero-order valence-corrected chi connectivity index (χ0v) is 8.79. The van der Waals surface area contributed by atoms with E-state index in [1.54, 1.807) is 0 Å². The molecule has 0 aliphatic carbocycles. The van der Waals surface area contributed by atoms with E-state index in [1.165, 1.54) is 18.2 Å². The van der Waals surface area contributed by atoms with E-state index in [2.05, 4.69) is 0 Å². The molecule has 0 saturated heterocycles. The quantitative estimate of drug-likeness (QED) is 0.319. The summed E-state index contributed by atoms with van der Waals surface area (Å²) < 4.78 is 0. The number of benzene rings is 1. The summed E-state index contributed by atoms with van der Waals surface area (Å²) in [6.07, 6.45) is 0.114. The van der Waals surface area contributed by atoms with Crippen molar-refractivity contribution < 1.29 is 25.1 Å². The van der Waals surface area contributed by atoms with Crippen LogP contribution < -0.4 is 5.73 Å². The van der Waals surface area contributed by atoms with Crippen LogP contribution in [0.25, 0.3) is 0 Å². The lowest BCUT2D eigenvalue weighted by Gasteiger charge is -2.06. The lowest BCUT2D eigenvalue weighted by Crippen LogP contribution is -2.32. The Bertz CT molecular complexity index is 358. The van der Waals surface area contributed by atoms with Crippen molar-refractivity contribution in [3.63, 3.8) is 0 Å². The number of aromatic hydroxyl groups is 2. The fourth-order valence-corrected chi connectivity index (χ4v) is 1.04. The number of hydrogen-bond acceptors (Lipinski definition) is 5. The van der Waals surface area contributed by atoms with E-state index in [9.17, 15) is 4.79 Å². The lowest BCUT2D eigenvalue weighted by atomic mass is 10.1. The molecule has 6 N–H and O–H groups in total. The van der Waals surface area contributed by atoms with E-state index in [4.69, 9.17) is 26.1 Å². The van der Waals surface area contributed by atoms with Crippen molar-refractivity contribution >= 4 is 14.0 Å². The van der Waals surface area contributed by atoms with Gasteiger partial charge in [0.15, 0.2) is 11.5 Å². The van der Waals surface area contributed by atoms with Gasteiger partial charge in [0, 0.05) is 0 Å². The molecule has 1 rings (SSSR count). The van der Waals surface area contributed by atoms with Crippen LogP contribution >= 0.6 is 0 Å². The van der Waals surface area contributed by atoms with Crippen molar-refractivity contribution in [2.75, 3.05) is 0 Å². The molecule has 0 aliphatic rings. The number of carbonyl (C=O) groups is 1. The van der Waals surface area contributed by atoms with Crippen molar-refractivity contribution in [2.24, 2.45) is 5.73 Å². The molecule has 0 spiro atoms. The Kier molecular flexibility index (Phi) is 5.98. The molecular formula is C9H14BNO5. The Morgan fingerprint density at radius 1 is 1.31 bits per heavy atom. The monoisotopic (exact) mass is 227 g/mol. The van der Waals surface area contributed by atoms with Crippen molar-refractivity contribution in [1.29, 1.82) is 0 Å². The van der Waals surface area contributed by atoms with Gasteiger partial charge >= 0.3 is 5.97 Å². The van der Waals surface area contributed by atoms with Crippen LogP contribution in [0.5, 0.6) is 11.5 Å². The molecule has 7 heteroatoms. The number of hydrogen-bond donors (Lipinski definition) is 5. The number of phenolic OH excluding ortho intramolecular Hbond substituents is 2. The number of rotatable bonds is 3. The maximum atomic E-state index is 10.4. The highest BCUT2D eigenvalue weighted by Gasteiger charge is 2.12. The van der Waals surface area contributed by atoms with Crippen LogP contribution in [0.15, 0.2) is 18.2 Å². The molecular weight excluding hydrogens is 213 g/mol. The molecule has 0 radical (unpaired) electrons. The van der Waals surface area contributed by atoms with Crippen LogP contribution in [0.2, 0.25) is 0 Å². The van der Waals surface area contributed by atoms with Crippen molar-refractivity contribution in [2.45, 2.75) is 12.5 Å². The summed E-state index contributed by atoms with van der Waals surface area (Å²) in [5, 5.41) is 33.6. The molecule has 16 heavy (non-hydrogen) atoms. The molecule has 0 heterocycles. The minimum absolute atomic E-state index is 0.114. The fourth-order valence-electron chi connectivity index (χ4n) is 1.04. The molecule has 0 fully saturated rings. The van der Waals surface area contributed by atoms with Crippen molar-refractivity contribution in [1.82, 2.24) is 0 Å². The summed E-state index contributed by atoms with van der Waals surface area (Å²) in [4.78, 5) is 10.4. The van der Waals surface area contributed by atoms with Gasteiger partial charge in [0.25, 0.3) is 8.05 Å². The van der Waals surface area contributed by atoms with Gasteiger partial charge in [-0.05, 0) is 24.1 Å². The third kappa shape index (κ3) is 4.20. The highest BCUT2D eigenvalue weighted by Crippen LogP contribution is 2.25. The van der Waals surface area contributed by atoms with Gasteiger partial charge in [0.2, 0.25) is 0 Å². The first-order valence-corrected chi connectivity index (χ1v) is 4.44. The number of phenols is 2. The molecule has 0 saturated carbocycles. The minimum Gasteiger partial charge on any atom is -0.504 e. The molecule has 1 unspecified atom stereocenters. The average Bonchev–Trinajstić information content (AvgIpc) is 2.26. The van der Waals surface area contributed by atoms with E-state index in [1.807, 2.05) is 0 Å². The third-order valence-corrected chi connectivity index (χ3v) is 1.81. The summed E-state index contributed by atoms with van der Waals surface area (Å²) in [7, 11) is 1.00. The van der Waals surface area contributed by atoms with Crippen LogP contribution in [0.4, 0.5) is 0 Å². The summed E-state index contributed by atoms with van der Waals surface area (Å²) in [6.45, 7) is 0. The van der Waals surface area contributed by atoms with Gasteiger partial charge in [0.1, 0.15) is 6.04 Å². The first-order valence-electron chi connectivity index (χ1n) is 4.44. The average molecular weight is 227 g/mol. The van der Waals surface area contributed by atoms with E-state index in [-0.39, 0.29) is 17.9 Å². The number of nitrogens with two attached hydrogens (primary N) is 1. The number of carboxylic acid groups (broad SMARTS) is 1. The molecule has 1 aromatic rings.